The van der Waals surface area contributed by atoms with Gasteiger partial charge in [0.25, 0.3) is 11.8 Å². The van der Waals surface area contributed by atoms with E-state index >= 15 is 9.59 Å². The minimum atomic E-state index is -2.34. The van der Waals surface area contributed by atoms with Crippen LogP contribution in [0, 0.1) is 29.6 Å². The van der Waals surface area contributed by atoms with Crippen molar-refractivity contribution in [3.05, 3.63) is 183 Å². The van der Waals surface area contributed by atoms with Gasteiger partial charge in [-0.15, -0.1) is 0 Å². The quantitative estimate of drug-likeness (QED) is 0.0233. The van der Waals surface area contributed by atoms with E-state index in [1.165, 1.54) is 33.1 Å². The van der Waals surface area contributed by atoms with Crippen LogP contribution in [0.2, 0.25) is 5.02 Å². The number of ketones is 2. The van der Waals surface area contributed by atoms with Crippen LogP contribution in [0.3, 0.4) is 0 Å². The van der Waals surface area contributed by atoms with Crippen LogP contribution in [0.4, 0.5) is 0 Å². The lowest BCUT2D eigenvalue weighted by Crippen LogP contribution is -2.81. The van der Waals surface area contributed by atoms with Gasteiger partial charge in [0.05, 0.1) is 61.7 Å². The number of nitrogens with zero attached hydrogens (tertiary/aromatic N) is 1. The van der Waals surface area contributed by atoms with Crippen molar-refractivity contribution in [1.82, 2.24) is 9.88 Å². The van der Waals surface area contributed by atoms with Crippen molar-refractivity contribution in [2.75, 3.05) is 20.3 Å². The molecular formula is C74H79ClN2O18. The van der Waals surface area contributed by atoms with Gasteiger partial charge in [0.15, 0.2) is 5.60 Å². The number of methoxy groups -OCH3 is 1. The Balaban J connectivity index is 0.867. The number of hydrogen-bond acceptors (Lipinski definition) is 18. The molecule has 2 heterocycles. The Morgan fingerprint density at radius 1 is 0.779 bits per heavy atom. The van der Waals surface area contributed by atoms with Crippen LogP contribution in [0.25, 0.3) is 10.9 Å². The van der Waals surface area contributed by atoms with Gasteiger partial charge in [-0.2, -0.15) is 0 Å². The maximum atomic E-state index is 15.7. The number of ether oxygens (including phenoxy) is 7. The molecule has 3 fully saturated rings. The zero-order valence-electron chi connectivity index (χ0n) is 54.4. The molecule has 2 bridgehead atoms. The normalized spacial score (nSPS) is 24.8. The number of Topliss-reactive ketones (excluding diaryl/α,β-unsaturated/α-hetero) is 2. The molecule has 4 aliphatic rings. The van der Waals surface area contributed by atoms with Gasteiger partial charge >= 0.3 is 29.8 Å². The smallest absolute Gasteiger partial charge is 0.350 e. The van der Waals surface area contributed by atoms with Gasteiger partial charge in [-0.3, -0.25) is 38.1 Å². The highest BCUT2D eigenvalue weighted by Crippen LogP contribution is 2.65. The monoisotopic (exact) mass is 1320 g/mol. The highest BCUT2D eigenvalue weighted by atomic mass is 35.5. The van der Waals surface area contributed by atoms with E-state index < -0.39 is 131 Å². The van der Waals surface area contributed by atoms with Crippen LogP contribution in [-0.4, -0.2) is 130 Å². The maximum Gasteiger partial charge on any atom is 0.350 e. The minimum absolute atomic E-state index is 0.0343. The molecule has 20 nitrogen and oxygen atoms in total. The second-order valence-corrected chi connectivity index (χ2v) is 26.3. The minimum Gasteiger partial charge on any atom is -0.497 e. The fourth-order valence-electron chi connectivity index (χ4n) is 14.9. The van der Waals surface area contributed by atoms with E-state index in [0.29, 0.717) is 74.5 Å². The molecule has 1 amide bonds. The first-order valence-corrected chi connectivity index (χ1v) is 32.3. The number of benzene rings is 5. The Morgan fingerprint density at radius 3 is 2.05 bits per heavy atom. The van der Waals surface area contributed by atoms with Crippen LogP contribution < -0.4 is 10.1 Å². The number of halogens is 1. The zero-order valence-corrected chi connectivity index (χ0v) is 55.1. The molecule has 2 saturated carbocycles. The van der Waals surface area contributed by atoms with E-state index in [0.717, 1.165) is 0 Å². The number of unbranched alkanes of at least 4 members (excludes halogenated alkanes) is 2. The Morgan fingerprint density at radius 2 is 1.42 bits per heavy atom. The number of aromatic nitrogens is 1. The van der Waals surface area contributed by atoms with Crippen LogP contribution in [-0.2, 0) is 63.6 Å². The van der Waals surface area contributed by atoms with Crippen molar-refractivity contribution < 1.29 is 86.5 Å². The lowest BCUT2D eigenvalue weighted by atomic mass is 9.43. The number of amides is 1. The summed E-state index contributed by atoms with van der Waals surface area (Å²) < 4.78 is 43.8. The summed E-state index contributed by atoms with van der Waals surface area (Å²) in [6.07, 6.45) is -7.83. The summed E-state index contributed by atoms with van der Waals surface area (Å²) in [6.45, 7) is 10.8. The number of aliphatic hydroxyl groups excluding tert-OH is 1. The Bertz CT molecular complexity index is 3960. The largest absolute Gasteiger partial charge is 0.497 e. The molecule has 500 valence electrons. The molecule has 1 saturated heterocycles. The van der Waals surface area contributed by atoms with Crippen LogP contribution in [0.1, 0.15) is 147 Å². The SMILES string of the molecule is COc1ccc2c(c1)c(CC(=O)CCCCCOC(=O)CCC(=O)OC(C(=O)OC1C[C@@]3(O)[C@@H](OC(=O)c4ccccc4)[C@@H]4[C@]5(OC(C)=O)CO[C@@H]5C[C@H](O)[C@@]4(C)C(=O)[C@H](C)C(=C1C)C3(C)C)[C@@H](NC(=O)c1ccccc1)c1ccccc1)c(C)n2C(=O)c1ccc(Cl)cc1. The molecule has 0 radical (unpaired) electrons. The Hall–Kier alpha value is -8.82. The summed E-state index contributed by atoms with van der Waals surface area (Å²) in [5.41, 5.74) is -3.88. The number of fused-ring (bicyclic) bond motifs is 6. The van der Waals surface area contributed by atoms with Gasteiger partial charge < -0.3 is 48.7 Å². The van der Waals surface area contributed by atoms with E-state index in [9.17, 15) is 43.8 Å². The number of esters is 5. The van der Waals surface area contributed by atoms with E-state index in [2.05, 4.69) is 5.32 Å². The number of rotatable bonds is 23. The van der Waals surface area contributed by atoms with Crippen LogP contribution in [0.15, 0.2) is 145 Å². The number of carbonyl (C=O) groups excluding carboxylic acids is 9. The van der Waals surface area contributed by atoms with E-state index in [1.54, 1.807) is 161 Å². The summed E-state index contributed by atoms with van der Waals surface area (Å²) in [4.78, 5) is 128. The van der Waals surface area contributed by atoms with E-state index in [1.807, 2.05) is 0 Å². The van der Waals surface area contributed by atoms with Gasteiger partial charge in [-0.05, 0) is 129 Å². The summed E-state index contributed by atoms with van der Waals surface area (Å²) in [7, 11) is 1.54. The first-order chi connectivity index (χ1) is 45.2. The summed E-state index contributed by atoms with van der Waals surface area (Å²) in [6, 6.07) is 34.7. The third kappa shape index (κ3) is 13.5. The van der Waals surface area contributed by atoms with E-state index in [-0.39, 0.29) is 55.3 Å². The molecule has 0 spiro atoms. The van der Waals surface area contributed by atoms with Gasteiger partial charge in [-0.25, -0.2) is 9.59 Å². The summed E-state index contributed by atoms with van der Waals surface area (Å²) in [5, 5.41) is 30.3. The van der Waals surface area contributed by atoms with Crippen LogP contribution >= 0.6 is 11.6 Å². The number of hydrogen-bond donors (Lipinski definition) is 3. The highest BCUT2D eigenvalue weighted by molar-refractivity contribution is 6.30. The molecule has 1 aromatic heterocycles. The van der Waals surface area contributed by atoms with Gasteiger partial charge in [0.2, 0.25) is 6.10 Å². The first-order valence-electron chi connectivity index (χ1n) is 31.9. The predicted molar refractivity (Wildman–Crippen MR) is 347 cm³/mol. The molecular weight excluding hydrogens is 1240 g/mol. The molecule has 2 unspecified atom stereocenters. The molecule has 10 rings (SSSR count). The Kier molecular flexibility index (Phi) is 20.5. The van der Waals surface area contributed by atoms with Crippen molar-refractivity contribution >= 4 is 75.7 Å². The lowest BCUT2D eigenvalue weighted by Gasteiger charge is -2.67. The molecule has 11 atom stereocenters. The fourth-order valence-corrected chi connectivity index (χ4v) is 15.0. The number of nitrogens with one attached hydrogen (secondary N) is 1. The standard InChI is InChI=1S/C74H79ClN2O18/c1-42-56(40-74(88)66(94-69(86)49-25-17-11-18-26-49)64-72(7,65(83)43(2)61(42)71(74,5)6)57(80)39-58-73(64,41-91-58)95-45(4)78)92-70(87)63(62(46-21-13-9-14-22-46)76-67(84)47-23-15-10-16-24-47)93-60(82)35-34-59(81)90-36-20-12-19-27-51(79)37-53-44(3)77(55-33-32-52(89-8)38-54(53)55)68(85)48-28-30-50(75)31-29-48/h9-11,13-18,21-26,28-33,38,43,56-58,62-64,66,80,88H,12,19-20,27,34-37,39-41H2,1-8H3,(H,76,84)/t43-,56?,57+,58-,62+,63?,64+,66+,72-,73+,74-/m1/s1. The molecule has 21 heteroatoms. The van der Waals surface area contributed by atoms with Gasteiger partial charge in [0.1, 0.15) is 47.3 Å². The van der Waals surface area contributed by atoms with Crippen molar-refractivity contribution in [2.45, 2.75) is 154 Å². The fraction of sp³-hybridized carbons (Fsp3) is 0.419. The Labute approximate surface area is 555 Å². The maximum absolute atomic E-state index is 15.7. The third-order valence-corrected chi connectivity index (χ3v) is 20.1. The predicted octanol–water partition coefficient (Wildman–Crippen LogP) is 10.3. The first kappa shape index (κ1) is 69.0. The number of carbonyl (C=O) groups is 9. The average Bonchev–Trinajstić information content (AvgIpc) is 1.10. The van der Waals surface area contributed by atoms with Crippen molar-refractivity contribution in [3.63, 3.8) is 0 Å². The molecule has 3 aliphatic carbocycles. The molecule has 6 aromatic rings. The van der Waals surface area contributed by atoms with Crippen LogP contribution in [0.5, 0.6) is 5.75 Å². The topological polar surface area (TPSA) is 276 Å². The average molecular weight is 1320 g/mol. The molecule has 95 heavy (non-hydrogen) atoms. The second kappa shape index (κ2) is 28.2. The van der Waals surface area contributed by atoms with Gasteiger partial charge in [-0.1, -0.05) is 99.1 Å². The zero-order chi connectivity index (χ0) is 68.3. The van der Waals surface area contributed by atoms with Crippen molar-refractivity contribution in [3.8, 4) is 5.75 Å². The highest BCUT2D eigenvalue weighted by Gasteiger charge is 2.77. The van der Waals surface area contributed by atoms with Gasteiger partial charge in [0, 0.05) is 71.2 Å². The van der Waals surface area contributed by atoms with Crippen molar-refractivity contribution in [1.29, 1.82) is 0 Å². The summed E-state index contributed by atoms with van der Waals surface area (Å²) in [5.74, 6) is -8.26. The third-order valence-electron chi connectivity index (χ3n) is 19.9. The summed E-state index contributed by atoms with van der Waals surface area (Å²) >= 11 is 6.10. The second-order valence-electron chi connectivity index (χ2n) is 25.9. The molecule has 5 aromatic carbocycles. The molecule has 1 aliphatic heterocycles. The molecule has 3 N–H and O–H groups in total. The lowest BCUT2D eigenvalue weighted by molar-refractivity contribution is -0.345. The van der Waals surface area contributed by atoms with Crippen molar-refractivity contribution in [2.24, 2.45) is 22.7 Å². The van der Waals surface area contributed by atoms with E-state index in [4.69, 9.17) is 44.8 Å². The number of aliphatic hydroxyl groups is 2.